The molecule has 2 aromatic carbocycles. The number of nitrogens with zero attached hydrogens (tertiary/aromatic N) is 2. The molecule has 2 atom stereocenters. The zero-order valence-electron chi connectivity index (χ0n) is 19.0. The maximum absolute atomic E-state index is 12.6. The maximum atomic E-state index is 12.6. The first-order valence-corrected chi connectivity index (χ1v) is 11.1. The minimum atomic E-state index is -1.03. The van der Waals surface area contributed by atoms with E-state index in [4.69, 9.17) is 20.5 Å². The van der Waals surface area contributed by atoms with Gasteiger partial charge in [0.1, 0.15) is 24.4 Å². The molecule has 0 aliphatic carbocycles. The molecule has 34 heavy (non-hydrogen) atoms. The van der Waals surface area contributed by atoms with Crippen LogP contribution in [0.1, 0.15) is 31.7 Å². The van der Waals surface area contributed by atoms with Crippen LogP contribution in [0, 0.1) is 11.3 Å². The van der Waals surface area contributed by atoms with E-state index in [1.807, 2.05) is 61.5 Å². The topological polar surface area (TPSA) is 135 Å². The fourth-order valence-corrected chi connectivity index (χ4v) is 3.81. The summed E-state index contributed by atoms with van der Waals surface area (Å²) in [5, 5.41) is 11.6. The van der Waals surface area contributed by atoms with Gasteiger partial charge >= 0.3 is 6.09 Å². The number of carbonyl (C=O) groups is 3. The first-order chi connectivity index (χ1) is 16.4. The average Bonchev–Trinajstić information content (AvgIpc) is 3.33. The third-order valence-corrected chi connectivity index (χ3v) is 5.46. The molecule has 3 rings (SSSR count). The van der Waals surface area contributed by atoms with Crippen molar-refractivity contribution in [2.75, 3.05) is 13.2 Å². The number of nitrogens with one attached hydrogen (secondary N) is 1. The van der Waals surface area contributed by atoms with Gasteiger partial charge in [-0.3, -0.25) is 14.5 Å². The smallest absolute Gasteiger partial charge is 0.410 e. The van der Waals surface area contributed by atoms with Crippen LogP contribution in [0.2, 0.25) is 0 Å². The van der Waals surface area contributed by atoms with Gasteiger partial charge in [-0.25, -0.2) is 4.79 Å². The lowest BCUT2D eigenvalue weighted by Crippen LogP contribution is -2.49. The van der Waals surface area contributed by atoms with E-state index in [2.05, 4.69) is 5.32 Å². The number of nitriles is 1. The summed E-state index contributed by atoms with van der Waals surface area (Å²) in [6.45, 7) is 2.97. The molecule has 1 aliphatic heterocycles. The number of rotatable bonds is 9. The Morgan fingerprint density at radius 1 is 1.21 bits per heavy atom. The highest BCUT2D eigenvalue weighted by Crippen LogP contribution is 2.25. The van der Waals surface area contributed by atoms with Gasteiger partial charge in [-0.1, -0.05) is 36.4 Å². The quantitative estimate of drug-likeness (QED) is 0.586. The fraction of sp³-hybridized carbons (Fsp3) is 0.360. The lowest BCUT2D eigenvalue weighted by molar-refractivity contribution is -0.125. The van der Waals surface area contributed by atoms with Crippen molar-refractivity contribution in [3.05, 3.63) is 54.1 Å². The van der Waals surface area contributed by atoms with Gasteiger partial charge in [0.15, 0.2) is 0 Å². The highest BCUT2D eigenvalue weighted by molar-refractivity contribution is 5.87. The van der Waals surface area contributed by atoms with Crippen LogP contribution < -0.4 is 15.8 Å². The van der Waals surface area contributed by atoms with E-state index in [9.17, 15) is 14.4 Å². The fourth-order valence-electron chi connectivity index (χ4n) is 3.81. The number of hydrogen-bond donors (Lipinski definition) is 2. The molecule has 0 spiro atoms. The number of ether oxygens (including phenoxy) is 2. The molecule has 1 fully saturated rings. The molecule has 2 aromatic rings. The molecule has 3 N–H and O–H groups in total. The van der Waals surface area contributed by atoms with E-state index in [1.165, 1.54) is 4.90 Å². The molecule has 1 saturated heterocycles. The zero-order valence-corrected chi connectivity index (χ0v) is 19.0. The summed E-state index contributed by atoms with van der Waals surface area (Å²) in [5.74, 6) is -0.388. The third kappa shape index (κ3) is 6.48. The van der Waals surface area contributed by atoms with Gasteiger partial charge in [0.05, 0.1) is 19.1 Å². The van der Waals surface area contributed by atoms with Gasteiger partial charge in [0.2, 0.25) is 11.8 Å². The Morgan fingerprint density at radius 2 is 1.97 bits per heavy atom. The van der Waals surface area contributed by atoms with Gasteiger partial charge < -0.3 is 20.5 Å². The van der Waals surface area contributed by atoms with Crippen LogP contribution in [0.3, 0.4) is 0 Å². The number of likely N-dealkylation sites (tertiary alicyclic amines) is 1. The number of carbonyl (C=O) groups excluding carboxylic acids is 3. The molecule has 3 amide bonds. The van der Waals surface area contributed by atoms with Crippen LogP contribution in [-0.2, 0) is 20.9 Å². The normalized spacial score (nSPS) is 15.8. The minimum absolute atomic E-state index is 0.0609. The molecule has 0 bridgehead atoms. The Balaban J connectivity index is 1.56. The van der Waals surface area contributed by atoms with E-state index in [0.717, 1.165) is 22.4 Å². The molecule has 0 unspecified atom stereocenters. The number of amides is 3. The van der Waals surface area contributed by atoms with Crippen LogP contribution in [-0.4, -0.2) is 48.0 Å². The SMILES string of the molecule is CCOc1cccc(-c2ccc(COC(=O)N3CCC[C@@H]3C(=O)N[C@H](C#N)CC(N)=O)cc2)c1. The second kappa shape index (κ2) is 11.7. The number of benzene rings is 2. The summed E-state index contributed by atoms with van der Waals surface area (Å²) in [6, 6.07) is 15.5. The highest BCUT2D eigenvalue weighted by Gasteiger charge is 2.36. The second-order valence-corrected chi connectivity index (χ2v) is 7.92. The van der Waals surface area contributed by atoms with E-state index in [1.54, 1.807) is 0 Å². The van der Waals surface area contributed by atoms with Crippen LogP contribution in [0.4, 0.5) is 4.79 Å². The van der Waals surface area contributed by atoms with Gasteiger partial charge in [0.25, 0.3) is 0 Å². The predicted octanol–water partition coefficient (Wildman–Crippen LogP) is 2.74. The number of hydrogen-bond acceptors (Lipinski definition) is 6. The van der Waals surface area contributed by atoms with Crippen molar-refractivity contribution in [2.45, 2.75) is 44.9 Å². The van der Waals surface area contributed by atoms with Gasteiger partial charge in [-0.2, -0.15) is 5.26 Å². The van der Waals surface area contributed by atoms with Gasteiger partial charge in [0, 0.05) is 6.54 Å². The lowest BCUT2D eigenvalue weighted by Gasteiger charge is -2.24. The largest absolute Gasteiger partial charge is 0.494 e. The van der Waals surface area contributed by atoms with Crippen molar-refractivity contribution in [1.82, 2.24) is 10.2 Å². The Morgan fingerprint density at radius 3 is 2.65 bits per heavy atom. The van der Waals surface area contributed by atoms with E-state index in [-0.39, 0.29) is 13.0 Å². The van der Waals surface area contributed by atoms with Crippen LogP contribution >= 0.6 is 0 Å². The second-order valence-electron chi connectivity index (χ2n) is 7.92. The Hall–Kier alpha value is -4.06. The van der Waals surface area contributed by atoms with Crippen LogP contribution in [0.15, 0.2) is 48.5 Å². The van der Waals surface area contributed by atoms with E-state index >= 15 is 0 Å². The number of primary amides is 1. The number of nitrogens with two attached hydrogens (primary N) is 1. The zero-order chi connectivity index (χ0) is 24.5. The van der Waals surface area contributed by atoms with Crippen molar-refractivity contribution in [2.24, 2.45) is 5.73 Å². The molecule has 1 aliphatic rings. The minimum Gasteiger partial charge on any atom is -0.494 e. The van der Waals surface area contributed by atoms with Gasteiger partial charge in [-0.05, 0) is 48.6 Å². The summed E-state index contributed by atoms with van der Waals surface area (Å²) < 4.78 is 11.0. The molecule has 0 radical (unpaired) electrons. The van der Waals surface area contributed by atoms with Crippen molar-refractivity contribution in [1.29, 1.82) is 5.26 Å². The third-order valence-electron chi connectivity index (χ3n) is 5.46. The Bertz CT molecular complexity index is 1060. The molecule has 178 valence electrons. The van der Waals surface area contributed by atoms with E-state index in [0.29, 0.717) is 26.0 Å². The van der Waals surface area contributed by atoms with Crippen molar-refractivity contribution in [3.63, 3.8) is 0 Å². The lowest BCUT2D eigenvalue weighted by atomic mass is 10.0. The van der Waals surface area contributed by atoms with Crippen LogP contribution in [0.5, 0.6) is 5.75 Å². The molecule has 0 aromatic heterocycles. The molecular weight excluding hydrogens is 436 g/mol. The van der Waals surface area contributed by atoms with Crippen LogP contribution in [0.25, 0.3) is 11.1 Å². The summed E-state index contributed by atoms with van der Waals surface area (Å²) in [6.07, 6.45) is 0.196. The van der Waals surface area contributed by atoms with Crippen molar-refractivity contribution < 1.29 is 23.9 Å². The first kappa shape index (κ1) is 24.6. The predicted molar refractivity (Wildman–Crippen MR) is 124 cm³/mol. The molecule has 0 saturated carbocycles. The van der Waals surface area contributed by atoms with Crippen molar-refractivity contribution >= 4 is 17.9 Å². The van der Waals surface area contributed by atoms with Crippen molar-refractivity contribution in [3.8, 4) is 22.9 Å². The molecular formula is C25H28N4O5. The first-order valence-electron chi connectivity index (χ1n) is 11.1. The summed E-state index contributed by atoms with van der Waals surface area (Å²) in [7, 11) is 0. The summed E-state index contributed by atoms with van der Waals surface area (Å²) >= 11 is 0. The standard InChI is InChI=1S/C25H28N4O5/c1-2-33-21-6-3-5-19(13-21)18-10-8-17(9-11-18)16-34-25(32)29-12-4-7-22(29)24(31)28-20(15-26)14-23(27)30/h3,5-6,8-11,13,20,22H,2,4,7,12,14,16H2,1H3,(H2,27,30)(H,28,31)/t20-,22+/m0/s1. The summed E-state index contributed by atoms with van der Waals surface area (Å²) in [5.41, 5.74) is 7.94. The van der Waals surface area contributed by atoms with E-state index < -0.39 is 30.0 Å². The monoisotopic (exact) mass is 464 g/mol. The maximum Gasteiger partial charge on any atom is 0.410 e. The Labute approximate surface area is 198 Å². The molecule has 1 heterocycles. The van der Waals surface area contributed by atoms with Gasteiger partial charge in [-0.15, -0.1) is 0 Å². The molecule has 9 nitrogen and oxygen atoms in total. The average molecular weight is 465 g/mol. The molecule has 9 heteroatoms. The summed E-state index contributed by atoms with van der Waals surface area (Å²) in [4.78, 5) is 37.6. The highest BCUT2D eigenvalue weighted by atomic mass is 16.6. The Kier molecular flexibility index (Phi) is 8.46.